The van der Waals surface area contributed by atoms with Gasteiger partial charge in [0.1, 0.15) is 12.4 Å². The number of anilines is 2. The van der Waals surface area contributed by atoms with Gasteiger partial charge < -0.3 is 24.8 Å². The van der Waals surface area contributed by atoms with Crippen LogP contribution in [-0.2, 0) is 22.6 Å². The van der Waals surface area contributed by atoms with Crippen LogP contribution in [-0.4, -0.2) is 30.5 Å². The Morgan fingerprint density at radius 3 is 2.82 bits per heavy atom. The first kappa shape index (κ1) is 23.1. The maximum Gasteiger partial charge on any atom is 0.224 e. The van der Waals surface area contributed by atoms with Gasteiger partial charge in [0.25, 0.3) is 0 Å². The van der Waals surface area contributed by atoms with Crippen molar-refractivity contribution in [3.8, 4) is 17.2 Å². The van der Waals surface area contributed by atoms with Crippen molar-refractivity contribution in [3.05, 3.63) is 72.1 Å². The van der Waals surface area contributed by atoms with Gasteiger partial charge in [0, 0.05) is 48.2 Å². The molecule has 0 aliphatic carbocycles. The molecule has 0 unspecified atom stereocenters. The lowest BCUT2D eigenvalue weighted by Gasteiger charge is -2.17. The van der Waals surface area contributed by atoms with E-state index >= 15 is 0 Å². The lowest BCUT2D eigenvalue weighted by molar-refractivity contribution is -0.117. The van der Waals surface area contributed by atoms with Gasteiger partial charge in [0.15, 0.2) is 11.5 Å². The van der Waals surface area contributed by atoms with Crippen molar-refractivity contribution in [2.75, 3.05) is 24.4 Å². The molecule has 2 aromatic carbocycles. The molecule has 8 heteroatoms. The average molecular weight is 462 g/mol. The highest BCUT2D eigenvalue weighted by molar-refractivity contribution is 5.94. The van der Waals surface area contributed by atoms with Crippen molar-refractivity contribution in [2.45, 2.75) is 32.3 Å². The minimum atomic E-state index is -0.111. The number of pyridine rings is 1. The molecule has 8 nitrogen and oxygen atoms in total. The molecule has 2 heterocycles. The molecule has 1 aromatic heterocycles. The van der Waals surface area contributed by atoms with Gasteiger partial charge in [-0.25, -0.2) is 0 Å². The van der Waals surface area contributed by atoms with E-state index in [0.717, 1.165) is 22.6 Å². The number of aryl methyl sites for hydroxylation is 1. The molecule has 0 radical (unpaired) electrons. The third-order valence-electron chi connectivity index (χ3n) is 5.35. The van der Waals surface area contributed by atoms with Crippen molar-refractivity contribution in [2.24, 2.45) is 0 Å². The Labute approximate surface area is 198 Å². The van der Waals surface area contributed by atoms with E-state index in [2.05, 4.69) is 15.6 Å². The van der Waals surface area contributed by atoms with Crippen LogP contribution in [0.15, 0.2) is 60.9 Å². The number of benzene rings is 2. The lowest BCUT2D eigenvalue weighted by Crippen LogP contribution is -2.18. The predicted octanol–water partition coefficient (Wildman–Crippen LogP) is 4.35. The largest absolute Gasteiger partial charge is 0.494 e. The number of carbonyl (C=O) groups is 2. The molecule has 2 amide bonds. The fraction of sp³-hybridized carbons (Fsp3) is 0.269. The molecule has 4 rings (SSSR count). The molecule has 0 saturated carbocycles. The van der Waals surface area contributed by atoms with Crippen LogP contribution < -0.4 is 24.8 Å². The van der Waals surface area contributed by atoms with E-state index in [1.807, 2.05) is 30.3 Å². The molecule has 34 heavy (non-hydrogen) atoms. The van der Waals surface area contributed by atoms with Crippen molar-refractivity contribution in [3.63, 3.8) is 0 Å². The first-order chi connectivity index (χ1) is 16.6. The van der Waals surface area contributed by atoms with Gasteiger partial charge in [-0.1, -0.05) is 6.07 Å². The summed E-state index contributed by atoms with van der Waals surface area (Å²) in [6, 6.07) is 14.7. The van der Waals surface area contributed by atoms with Crippen molar-refractivity contribution in [1.82, 2.24) is 4.98 Å². The van der Waals surface area contributed by atoms with Crippen molar-refractivity contribution in [1.29, 1.82) is 0 Å². The summed E-state index contributed by atoms with van der Waals surface area (Å²) >= 11 is 0. The summed E-state index contributed by atoms with van der Waals surface area (Å²) in [5.41, 5.74) is 3.47. The van der Waals surface area contributed by atoms with Crippen LogP contribution in [0, 0.1) is 0 Å². The molecule has 2 N–H and O–H groups in total. The highest BCUT2D eigenvalue weighted by Crippen LogP contribution is 2.31. The van der Waals surface area contributed by atoms with Gasteiger partial charge in [-0.3, -0.25) is 14.6 Å². The summed E-state index contributed by atoms with van der Waals surface area (Å²) < 4.78 is 17.0. The number of hydrogen-bond acceptors (Lipinski definition) is 6. The minimum Gasteiger partial charge on any atom is -0.494 e. The number of nitrogens with zero attached hydrogens (tertiary/aromatic N) is 1. The Kier molecular flexibility index (Phi) is 7.60. The molecule has 1 aliphatic heterocycles. The van der Waals surface area contributed by atoms with E-state index < -0.39 is 0 Å². The van der Waals surface area contributed by atoms with Crippen LogP contribution in [0.2, 0.25) is 0 Å². The van der Waals surface area contributed by atoms with Crippen LogP contribution in [0.3, 0.4) is 0 Å². The van der Waals surface area contributed by atoms with Gasteiger partial charge in [0.2, 0.25) is 11.8 Å². The Bertz CT molecular complexity index is 1150. The summed E-state index contributed by atoms with van der Waals surface area (Å²) in [6.07, 6.45) is 5.52. The number of aromatic nitrogens is 1. The van der Waals surface area contributed by atoms with Gasteiger partial charge in [0.05, 0.1) is 13.7 Å². The maximum atomic E-state index is 12.4. The third-order valence-corrected chi connectivity index (χ3v) is 5.35. The van der Waals surface area contributed by atoms with Crippen molar-refractivity contribution >= 4 is 23.2 Å². The molecule has 176 valence electrons. The summed E-state index contributed by atoms with van der Waals surface area (Å²) in [7, 11) is 1.57. The fourth-order valence-electron chi connectivity index (χ4n) is 3.61. The summed E-state index contributed by atoms with van der Waals surface area (Å²) in [5, 5.41) is 5.75. The second-order valence-corrected chi connectivity index (χ2v) is 7.88. The number of methoxy groups -OCH3 is 1. The molecule has 0 atom stereocenters. The normalized spacial score (nSPS) is 12.3. The first-order valence-electron chi connectivity index (χ1n) is 11.2. The zero-order valence-electron chi connectivity index (χ0n) is 19.0. The van der Waals surface area contributed by atoms with Crippen LogP contribution in [0.5, 0.6) is 17.2 Å². The molecule has 0 spiro atoms. The second-order valence-electron chi connectivity index (χ2n) is 7.88. The van der Waals surface area contributed by atoms with Gasteiger partial charge in [-0.15, -0.1) is 0 Å². The zero-order chi connectivity index (χ0) is 23.8. The number of amides is 2. The van der Waals surface area contributed by atoms with Crippen LogP contribution in [0.1, 0.15) is 30.4 Å². The van der Waals surface area contributed by atoms with Crippen LogP contribution in [0.25, 0.3) is 0 Å². The number of carbonyl (C=O) groups excluding carboxylic acids is 2. The van der Waals surface area contributed by atoms with E-state index in [1.165, 1.54) is 0 Å². The Morgan fingerprint density at radius 1 is 1.09 bits per heavy atom. The molecule has 0 bridgehead atoms. The summed E-state index contributed by atoms with van der Waals surface area (Å²) in [6.45, 7) is 0.759. The van der Waals surface area contributed by atoms with E-state index in [0.29, 0.717) is 56.1 Å². The monoisotopic (exact) mass is 461 g/mol. The minimum absolute atomic E-state index is 0.0382. The smallest absolute Gasteiger partial charge is 0.224 e. The second kappa shape index (κ2) is 11.2. The Morgan fingerprint density at radius 2 is 2.00 bits per heavy atom. The molecule has 0 fully saturated rings. The maximum absolute atomic E-state index is 12.4. The predicted molar refractivity (Wildman–Crippen MR) is 128 cm³/mol. The van der Waals surface area contributed by atoms with E-state index in [4.69, 9.17) is 14.2 Å². The van der Waals surface area contributed by atoms with Crippen LogP contribution in [0.4, 0.5) is 11.4 Å². The first-order valence-corrected chi connectivity index (χ1v) is 11.2. The van der Waals surface area contributed by atoms with Gasteiger partial charge >= 0.3 is 0 Å². The van der Waals surface area contributed by atoms with Crippen LogP contribution >= 0.6 is 0 Å². The number of hydrogen-bond donors (Lipinski definition) is 2. The molecule has 1 aliphatic rings. The fourth-order valence-corrected chi connectivity index (χ4v) is 3.61. The third kappa shape index (κ3) is 6.25. The standard InChI is InChI=1S/C26H27N3O5/c1-32-23-10-7-20(15-24(23)34-17-18-4-2-12-27-16-18)28-25(30)5-3-13-33-21-8-9-22-19(14-21)6-11-26(31)29-22/h2,4,7-10,12,14-16H,3,5-6,11,13,17H2,1H3,(H,28,30)(H,29,31). The topological polar surface area (TPSA) is 98.8 Å². The Hall–Kier alpha value is -4.07. The molecular formula is C26H27N3O5. The number of rotatable bonds is 10. The highest BCUT2D eigenvalue weighted by Gasteiger charge is 2.15. The van der Waals surface area contributed by atoms with Crippen molar-refractivity contribution < 1.29 is 23.8 Å². The molecular weight excluding hydrogens is 434 g/mol. The zero-order valence-corrected chi connectivity index (χ0v) is 19.0. The summed E-state index contributed by atoms with van der Waals surface area (Å²) in [5.74, 6) is 1.79. The van der Waals surface area contributed by atoms with E-state index in [1.54, 1.807) is 37.7 Å². The summed E-state index contributed by atoms with van der Waals surface area (Å²) in [4.78, 5) is 27.9. The average Bonchev–Trinajstić information content (AvgIpc) is 2.86. The molecule has 3 aromatic rings. The number of nitrogens with one attached hydrogen (secondary N) is 2. The quantitative estimate of drug-likeness (QED) is 0.436. The highest BCUT2D eigenvalue weighted by atomic mass is 16.5. The van der Waals surface area contributed by atoms with E-state index in [-0.39, 0.29) is 11.8 Å². The number of fused-ring (bicyclic) bond motifs is 1. The van der Waals surface area contributed by atoms with Gasteiger partial charge in [-0.05, 0) is 54.8 Å². The SMILES string of the molecule is COc1ccc(NC(=O)CCCOc2ccc3c(c2)CCC(=O)N3)cc1OCc1cccnc1. The number of ether oxygens (including phenoxy) is 3. The van der Waals surface area contributed by atoms with Gasteiger partial charge in [-0.2, -0.15) is 0 Å². The Balaban J connectivity index is 1.24. The lowest BCUT2D eigenvalue weighted by atomic mass is 10.0. The van der Waals surface area contributed by atoms with E-state index in [9.17, 15) is 9.59 Å². The molecule has 0 saturated heterocycles.